The van der Waals surface area contributed by atoms with Gasteiger partial charge in [-0.3, -0.25) is 15.1 Å². The fraction of sp³-hybridized carbons (Fsp3) is 0. The normalized spacial score (nSPS) is 10.7. The Hall–Kier alpha value is -2.79. The summed E-state index contributed by atoms with van der Waals surface area (Å²) in [5.74, 6) is -0.203. The van der Waals surface area contributed by atoms with Gasteiger partial charge < -0.3 is 0 Å². The van der Waals surface area contributed by atoms with Crippen LogP contribution in [0.5, 0.6) is 0 Å². The van der Waals surface area contributed by atoms with Crippen molar-refractivity contribution in [3.05, 3.63) is 71.7 Å². The van der Waals surface area contributed by atoms with Crippen molar-refractivity contribution < 1.29 is 4.79 Å². The highest BCUT2D eigenvalue weighted by molar-refractivity contribution is 7.14. The molecule has 0 atom stereocenters. The summed E-state index contributed by atoms with van der Waals surface area (Å²) in [6.45, 7) is 0. The number of thiazole rings is 1. The summed E-state index contributed by atoms with van der Waals surface area (Å²) in [7, 11) is 0. The van der Waals surface area contributed by atoms with Crippen molar-refractivity contribution in [3.8, 4) is 11.4 Å². The van der Waals surface area contributed by atoms with Gasteiger partial charge in [-0.15, -0.1) is 11.3 Å². The van der Waals surface area contributed by atoms with Gasteiger partial charge in [-0.05, 0) is 23.8 Å². The van der Waals surface area contributed by atoms with Gasteiger partial charge in [-0.1, -0.05) is 36.4 Å². The molecule has 1 amide bonds. The minimum absolute atomic E-state index is 0.203. The summed E-state index contributed by atoms with van der Waals surface area (Å²) in [5, 5.41) is 5.19. The molecule has 0 fully saturated rings. The number of pyridine rings is 1. The Morgan fingerprint density at radius 3 is 2.64 bits per heavy atom. The van der Waals surface area contributed by atoms with E-state index in [0.29, 0.717) is 5.13 Å². The van der Waals surface area contributed by atoms with E-state index in [4.69, 9.17) is 0 Å². The highest BCUT2D eigenvalue weighted by Gasteiger charge is 2.06. The van der Waals surface area contributed by atoms with Crippen LogP contribution >= 0.6 is 11.3 Å². The standard InChI is InChI=1S/C17H13N3OS/c21-16(10-9-13-6-2-1-3-7-13)20-17-19-15(12-22-17)14-8-4-5-11-18-14/h1-12H,(H,19,20,21)/b10-9+. The van der Waals surface area contributed by atoms with Crippen LogP contribution in [0.4, 0.5) is 5.13 Å². The smallest absolute Gasteiger partial charge is 0.250 e. The van der Waals surface area contributed by atoms with E-state index in [2.05, 4.69) is 15.3 Å². The maximum atomic E-state index is 11.9. The Labute approximate surface area is 132 Å². The quantitative estimate of drug-likeness (QED) is 0.745. The molecule has 3 rings (SSSR count). The maximum Gasteiger partial charge on any atom is 0.250 e. The van der Waals surface area contributed by atoms with E-state index in [0.717, 1.165) is 17.0 Å². The third-order valence-corrected chi connectivity index (χ3v) is 3.65. The van der Waals surface area contributed by atoms with Crippen molar-refractivity contribution in [1.82, 2.24) is 9.97 Å². The van der Waals surface area contributed by atoms with Gasteiger partial charge in [0.2, 0.25) is 5.91 Å². The molecule has 0 saturated heterocycles. The largest absolute Gasteiger partial charge is 0.298 e. The second kappa shape index (κ2) is 6.78. The van der Waals surface area contributed by atoms with Gasteiger partial charge >= 0.3 is 0 Å². The van der Waals surface area contributed by atoms with Gasteiger partial charge in [0.1, 0.15) is 5.69 Å². The van der Waals surface area contributed by atoms with Crippen LogP contribution < -0.4 is 5.32 Å². The van der Waals surface area contributed by atoms with E-state index in [9.17, 15) is 4.79 Å². The summed E-state index contributed by atoms with van der Waals surface area (Å²) in [4.78, 5) is 20.5. The first-order valence-electron chi connectivity index (χ1n) is 6.72. The van der Waals surface area contributed by atoms with E-state index in [-0.39, 0.29) is 5.91 Å². The molecular formula is C17H13N3OS. The third kappa shape index (κ3) is 3.65. The zero-order valence-electron chi connectivity index (χ0n) is 11.6. The Balaban J connectivity index is 1.65. The Kier molecular flexibility index (Phi) is 4.36. The first-order chi connectivity index (χ1) is 10.8. The van der Waals surface area contributed by atoms with Crippen LogP contribution in [0.25, 0.3) is 17.5 Å². The second-order valence-electron chi connectivity index (χ2n) is 4.49. The monoisotopic (exact) mass is 307 g/mol. The minimum Gasteiger partial charge on any atom is -0.298 e. The molecule has 1 aromatic carbocycles. The molecule has 0 aliphatic carbocycles. The van der Waals surface area contributed by atoms with Crippen LogP contribution in [0, 0.1) is 0 Å². The number of carbonyl (C=O) groups excluding carboxylic acids is 1. The summed E-state index contributed by atoms with van der Waals surface area (Å²) >= 11 is 1.38. The lowest BCUT2D eigenvalue weighted by Crippen LogP contribution is -2.07. The summed E-state index contributed by atoms with van der Waals surface area (Å²) in [5.41, 5.74) is 2.53. The molecule has 5 heteroatoms. The lowest BCUT2D eigenvalue weighted by Gasteiger charge is -1.96. The fourth-order valence-corrected chi connectivity index (χ4v) is 2.55. The predicted molar refractivity (Wildman–Crippen MR) is 89.5 cm³/mol. The number of nitrogens with zero attached hydrogens (tertiary/aromatic N) is 2. The zero-order chi connectivity index (χ0) is 15.2. The van der Waals surface area contributed by atoms with Crippen LogP contribution in [-0.4, -0.2) is 15.9 Å². The fourth-order valence-electron chi connectivity index (χ4n) is 1.85. The van der Waals surface area contributed by atoms with Crippen molar-refractivity contribution in [2.45, 2.75) is 0 Å². The van der Waals surface area contributed by atoms with Gasteiger partial charge in [0, 0.05) is 17.7 Å². The minimum atomic E-state index is -0.203. The molecule has 0 bridgehead atoms. The number of anilines is 1. The molecule has 0 unspecified atom stereocenters. The first-order valence-corrected chi connectivity index (χ1v) is 7.60. The molecule has 0 radical (unpaired) electrons. The number of rotatable bonds is 4. The molecule has 0 aliphatic rings. The highest BCUT2D eigenvalue weighted by atomic mass is 32.1. The van der Waals surface area contributed by atoms with E-state index in [1.807, 2.05) is 53.9 Å². The Morgan fingerprint density at radius 1 is 1.05 bits per heavy atom. The summed E-state index contributed by atoms with van der Waals surface area (Å²) < 4.78 is 0. The number of carbonyl (C=O) groups is 1. The molecule has 1 N–H and O–H groups in total. The molecule has 3 aromatic rings. The van der Waals surface area contributed by atoms with Crippen LogP contribution in [-0.2, 0) is 4.79 Å². The lowest BCUT2D eigenvalue weighted by atomic mass is 10.2. The van der Waals surface area contributed by atoms with Crippen LogP contribution in [0.1, 0.15) is 5.56 Å². The summed E-state index contributed by atoms with van der Waals surface area (Å²) in [6.07, 6.45) is 4.98. The number of hydrogen-bond donors (Lipinski definition) is 1. The molecule has 0 spiro atoms. The molecular weight excluding hydrogens is 294 g/mol. The van der Waals surface area contributed by atoms with Crippen molar-refractivity contribution in [1.29, 1.82) is 0 Å². The number of amides is 1. The van der Waals surface area contributed by atoms with Crippen LogP contribution in [0.15, 0.2) is 66.2 Å². The van der Waals surface area contributed by atoms with Gasteiger partial charge in [-0.2, -0.15) is 0 Å². The zero-order valence-corrected chi connectivity index (χ0v) is 12.5. The van der Waals surface area contributed by atoms with Crippen molar-refractivity contribution >= 4 is 28.5 Å². The molecule has 2 aromatic heterocycles. The molecule has 2 heterocycles. The van der Waals surface area contributed by atoms with Gasteiger partial charge in [-0.25, -0.2) is 4.98 Å². The number of aromatic nitrogens is 2. The van der Waals surface area contributed by atoms with Gasteiger partial charge in [0.15, 0.2) is 5.13 Å². The van der Waals surface area contributed by atoms with Crippen molar-refractivity contribution in [3.63, 3.8) is 0 Å². The van der Waals surface area contributed by atoms with Crippen LogP contribution in [0.3, 0.4) is 0 Å². The molecule has 0 aliphatic heterocycles. The molecule has 22 heavy (non-hydrogen) atoms. The van der Waals surface area contributed by atoms with E-state index < -0.39 is 0 Å². The van der Waals surface area contributed by atoms with Crippen molar-refractivity contribution in [2.75, 3.05) is 5.32 Å². The Bertz CT molecular complexity index is 782. The number of nitrogens with one attached hydrogen (secondary N) is 1. The molecule has 4 nitrogen and oxygen atoms in total. The van der Waals surface area contributed by atoms with Gasteiger partial charge in [0.25, 0.3) is 0 Å². The number of hydrogen-bond acceptors (Lipinski definition) is 4. The first kappa shape index (κ1) is 14.2. The molecule has 108 valence electrons. The van der Waals surface area contributed by atoms with E-state index in [1.165, 1.54) is 17.4 Å². The number of benzene rings is 1. The average Bonchev–Trinajstić information content (AvgIpc) is 3.03. The lowest BCUT2D eigenvalue weighted by molar-refractivity contribution is -0.111. The van der Waals surface area contributed by atoms with Crippen LogP contribution in [0.2, 0.25) is 0 Å². The third-order valence-electron chi connectivity index (χ3n) is 2.89. The topological polar surface area (TPSA) is 54.9 Å². The average molecular weight is 307 g/mol. The maximum absolute atomic E-state index is 11.9. The Morgan fingerprint density at radius 2 is 1.86 bits per heavy atom. The molecule has 0 saturated carbocycles. The van der Waals surface area contributed by atoms with Crippen molar-refractivity contribution in [2.24, 2.45) is 0 Å². The van der Waals surface area contributed by atoms with E-state index >= 15 is 0 Å². The second-order valence-corrected chi connectivity index (χ2v) is 5.34. The van der Waals surface area contributed by atoms with E-state index in [1.54, 1.807) is 12.3 Å². The SMILES string of the molecule is O=C(/C=C/c1ccccc1)Nc1nc(-c2ccccn2)cs1. The highest BCUT2D eigenvalue weighted by Crippen LogP contribution is 2.23. The summed E-state index contributed by atoms with van der Waals surface area (Å²) in [6, 6.07) is 15.3. The van der Waals surface area contributed by atoms with Gasteiger partial charge in [0.05, 0.1) is 5.69 Å². The predicted octanol–water partition coefficient (Wildman–Crippen LogP) is 3.86.